The summed E-state index contributed by atoms with van der Waals surface area (Å²) in [7, 11) is 0. The van der Waals surface area contributed by atoms with Gasteiger partial charge in [0, 0.05) is 29.2 Å². The summed E-state index contributed by atoms with van der Waals surface area (Å²) in [4.78, 5) is 6.86. The van der Waals surface area contributed by atoms with Crippen molar-refractivity contribution in [3.8, 4) is 0 Å². The molecule has 0 aromatic carbocycles. The van der Waals surface area contributed by atoms with Gasteiger partial charge in [-0.2, -0.15) is 0 Å². The molecule has 3 aromatic rings. The van der Waals surface area contributed by atoms with Crippen molar-refractivity contribution >= 4 is 17.3 Å². The highest BCUT2D eigenvalue weighted by Gasteiger charge is 2.42. The lowest BCUT2D eigenvalue weighted by molar-refractivity contribution is 0.268. The molecule has 1 aliphatic heterocycles. The lowest BCUT2D eigenvalue weighted by Crippen LogP contribution is -2.35. The first-order chi connectivity index (χ1) is 13.0. The van der Waals surface area contributed by atoms with Gasteiger partial charge in [-0.05, 0) is 58.1 Å². The molecule has 0 spiro atoms. The van der Waals surface area contributed by atoms with E-state index < -0.39 is 0 Å². The molecule has 4 rings (SSSR count). The molecule has 1 N–H and O–H groups in total. The van der Waals surface area contributed by atoms with Crippen LogP contribution in [0.25, 0.3) is 0 Å². The van der Waals surface area contributed by atoms with Crippen LogP contribution < -0.4 is 5.32 Å². The zero-order chi connectivity index (χ0) is 19.1. The van der Waals surface area contributed by atoms with Crippen molar-refractivity contribution in [2.45, 2.75) is 45.8 Å². The molecule has 0 unspecified atom stereocenters. The van der Waals surface area contributed by atoms with Crippen LogP contribution in [0.3, 0.4) is 0 Å². The van der Waals surface area contributed by atoms with Gasteiger partial charge in [0.15, 0.2) is 5.11 Å². The Labute approximate surface area is 164 Å². The third kappa shape index (κ3) is 2.90. The van der Waals surface area contributed by atoms with Crippen molar-refractivity contribution in [3.63, 3.8) is 0 Å². The quantitative estimate of drug-likeness (QED) is 0.701. The zero-order valence-electron chi connectivity index (χ0n) is 15.9. The maximum atomic E-state index is 5.69. The van der Waals surface area contributed by atoms with Crippen LogP contribution in [0.2, 0.25) is 0 Å². The SMILES string of the molecule is Cc1cc([C@@H]2[C@H](c3ccccn3)NC(=S)N2C(C)C)c(C)n1-n1cnnc1. The second-order valence-corrected chi connectivity index (χ2v) is 7.49. The van der Waals surface area contributed by atoms with Gasteiger partial charge in [0.05, 0.1) is 17.8 Å². The molecule has 0 bridgehead atoms. The Kier molecular flexibility index (Phi) is 4.43. The highest BCUT2D eigenvalue weighted by Crippen LogP contribution is 2.41. The molecule has 8 heteroatoms. The molecule has 0 amide bonds. The van der Waals surface area contributed by atoms with Gasteiger partial charge < -0.3 is 10.2 Å². The van der Waals surface area contributed by atoms with Gasteiger partial charge in [-0.25, -0.2) is 4.68 Å². The molecule has 27 heavy (non-hydrogen) atoms. The molecule has 1 saturated heterocycles. The first-order valence-corrected chi connectivity index (χ1v) is 9.43. The average molecular weight is 382 g/mol. The van der Waals surface area contributed by atoms with E-state index in [4.69, 9.17) is 12.2 Å². The summed E-state index contributed by atoms with van der Waals surface area (Å²) in [5.74, 6) is 0. The summed E-state index contributed by atoms with van der Waals surface area (Å²) in [6.07, 6.45) is 5.24. The van der Waals surface area contributed by atoms with Gasteiger partial charge in [-0.1, -0.05) is 6.07 Å². The van der Waals surface area contributed by atoms with Gasteiger partial charge in [0.2, 0.25) is 0 Å². The fraction of sp³-hybridized carbons (Fsp3) is 0.368. The van der Waals surface area contributed by atoms with Crippen molar-refractivity contribution in [3.05, 3.63) is 65.8 Å². The van der Waals surface area contributed by atoms with Gasteiger partial charge in [0.25, 0.3) is 0 Å². The smallest absolute Gasteiger partial charge is 0.170 e. The van der Waals surface area contributed by atoms with E-state index in [1.807, 2.05) is 23.0 Å². The predicted octanol–water partition coefficient (Wildman–Crippen LogP) is 2.78. The summed E-state index contributed by atoms with van der Waals surface area (Å²) in [6.45, 7) is 8.55. The lowest BCUT2D eigenvalue weighted by Gasteiger charge is -2.31. The van der Waals surface area contributed by atoms with Crippen LogP contribution in [-0.2, 0) is 0 Å². The molecular weight excluding hydrogens is 358 g/mol. The van der Waals surface area contributed by atoms with E-state index in [1.165, 1.54) is 5.56 Å². The number of nitrogens with one attached hydrogen (secondary N) is 1. The second kappa shape index (κ2) is 6.77. The molecule has 1 aliphatic rings. The van der Waals surface area contributed by atoms with E-state index in [1.54, 1.807) is 12.7 Å². The highest BCUT2D eigenvalue weighted by molar-refractivity contribution is 7.80. The van der Waals surface area contributed by atoms with E-state index in [-0.39, 0.29) is 18.1 Å². The minimum atomic E-state index is -0.00374. The summed E-state index contributed by atoms with van der Waals surface area (Å²) < 4.78 is 4.01. The Balaban J connectivity index is 1.86. The fourth-order valence-electron chi connectivity index (χ4n) is 3.98. The van der Waals surface area contributed by atoms with Crippen molar-refractivity contribution in [1.29, 1.82) is 0 Å². The maximum Gasteiger partial charge on any atom is 0.170 e. The normalized spacial score (nSPS) is 19.7. The molecule has 3 aromatic heterocycles. The van der Waals surface area contributed by atoms with Crippen LogP contribution in [0.4, 0.5) is 0 Å². The molecule has 0 aliphatic carbocycles. The van der Waals surface area contributed by atoms with E-state index in [0.717, 1.165) is 22.2 Å². The maximum absolute atomic E-state index is 5.69. The third-order valence-electron chi connectivity index (χ3n) is 5.08. The zero-order valence-corrected chi connectivity index (χ0v) is 16.7. The number of rotatable bonds is 4. The minimum Gasteiger partial charge on any atom is -0.352 e. The standard InChI is InChI=1S/C19H23N7S/c1-12(2)25-18(17(23-19(25)27)16-7-5-6-8-20-16)15-9-13(3)26(14(15)4)24-10-21-22-11-24/h5-12,17-18H,1-4H3,(H,23,27)/t17-,18+/m0/s1. The van der Waals surface area contributed by atoms with Crippen LogP contribution >= 0.6 is 12.2 Å². The summed E-state index contributed by atoms with van der Waals surface area (Å²) in [5, 5.41) is 12.1. The van der Waals surface area contributed by atoms with E-state index >= 15 is 0 Å². The molecule has 140 valence electrons. The largest absolute Gasteiger partial charge is 0.352 e. The fourth-order valence-corrected chi connectivity index (χ4v) is 4.44. The molecule has 4 heterocycles. The van der Waals surface area contributed by atoms with E-state index in [2.05, 4.69) is 69.9 Å². The van der Waals surface area contributed by atoms with Crippen LogP contribution in [0.1, 0.15) is 48.6 Å². The van der Waals surface area contributed by atoms with Crippen molar-refractivity contribution in [1.82, 2.24) is 34.8 Å². The molecule has 0 radical (unpaired) electrons. The van der Waals surface area contributed by atoms with Crippen molar-refractivity contribution < 1.29 is 0 Å². The molecule has 0 saturated carbocycles. The molecule has 2 atom stereocenters. The summed E-state index contributed by atoms with van der Waals surface area (Å²) in [5.41, 5.74) is 4.46. The molecule has 1 fully saturated rings. The van der Waals surface area contributed by atoms with Gasteiger partial charge in [-0.15, -0.1) is 10.2 Å². The van der Waals surface area contributed by atoms with Crippen molar-refractivity contribution in [2.75, 3.05) is 0 Å². The van der Waals surface area contributed by atoms with Gasteiger partial charge in [-0.3, -0.25) is 9.66 Å². The van der Waals surface area contributed by atoms with Crippen LogP contribution in [0, 0.1) is 13.8 Å². The number of thiocarbonyl (C=S) groups is 1. The highest BCUT2D eigenvalue weighted by atomic mass is 32.1. The first kappa shape index (κ1) is 17.7. The van der Waals surface area contributed by atoms with Crippen molar-refractivity contribution in [2.24, 2.45) is 0 Å². The number of nitrogens with zero attached hydrogens (tertiary/aromatic N) is 6. The summed E-state index contributed by atoms with van der Waals surface area (Å²) in [6, 6.07) is 8.55. The van der Waals surface area contributed by atoms with Crippen LogP contribution in [0.15, 0.2) is 43.1 Å². The summed E-state index contributed by atoms with van der Waals surface area (Å²) >= 11 is 5.69. The number of hydrogen-bond donors (Lipinski definition) is 1. The Morgan fingerprint density at radius 3 is 2.52 bits per heavy atom. The van der Waals surface area contributed by atoms with E-state index in [9.17, 15) is 0 Å². The number of aryl methyl sites for hydroxylation is 1. The Morgan fingerprint density at radius 2 is 1.89 bits per heavy atom. The second-order valence-electron chi connectivity index (χ2n) is 7.11. The monoisotopic (exact) mass is 381 g/mol. The Morgan fingerprint density at radius 1 is 1.15 bits per heavy atom. The van der Waals surface area contributed by atoms with E-state index in [0.29, 0.717) is 0 Å². The van der Waals surface area contributed by atoms with Crippen LogP contribution in [-0.4, -0.2) is 40.6 Å². The number of hydrogen-bond acceptors (Lipinski definition) is 4. The Hall–Kier alpha value is -2.74. The first-order valence-electron chi connectivity index (χ1n) is 9.03. The molecule has 7 nitrogen and oxygen atoms in total. The minimum absolute atomic E-state index is 0.00374. The average Bonchev–Trinajstić information content (AvgIpc) is 3.34. The topological polar surface area (TPSA) is 63.8 Å². The Bertz CT molecular complexity index is 946. The van der Waals surface area contributed by atoms with Crippen LogP contribution in [0.5, 0.6) is 0 Å². The predicted molar refractivity (Wildman–Crippen MR) is 107 cm³/mol. The van der Waals surface area contributed by atoms with Gasteiger partial charge in [0.1, 0.15) is 12.7 Å². The third-order valence-corrected chi connectivity index (χ3v) is 5.41. The molecular formula is C19H23N7S. The lowest BCUT2D eigenvalue weighted by atomic mass is 9.96. The number of aromatic nitrogens is 5. The van der Waals surface area contributed by atoms with Gasteiger partial charge >= 0.3 is 0 Å². The number of pyridine rings is 1.